The van der Waals surface area contributed by atoms with Crippen LogP contribution in [0.5, 0.6) is 5.75 Å². The van der Waals surface area contributed by atoms with Gasteiger partial charge in [-0.15, -0.1) is 13.2 Å². The standard InChI is InChI=1S/C15H20F3NO/c1-19-14(9-11-5-2-3-6-11)12-7-4-8-13(10-12)20-15(16,17)18/h4,7-8,10-11,14,19H,2-3,5-6,9H2,1H3. The predicted molar refractivity (Wildman–Crippen MR) is 71.5 cm³/mol. The van der Waals surface area contributed by atoms with Crippen LogP contribution in [0.15, 0.2) is 24.3 Å². The first kappa shape index (κ1) is 15.2. The van der Waals surface area contributed by atoms with Crippen molar-refractivity contribution in [3.63, 3.8) is 0 Å². The SMILES string of the molecule is CNC(CC1CCCC1)c1cccc(OC(F)(F)F)c1. The fourth-order valence-corrected chi connectivity index (χ4v) is 2.93. The first-order valence-electron chi connectivity index (χ1n) is 7.01. The van der Waals surface area contributed by atoms with Crippen molar-refractivity contribution in [3.05, 3.63) is 29.8 Å². The van der Waals surface area contributed by atoms with Crippen molar-refractivity contribution in [2.45, 2.75) is 44.5 Å². The second-order valence-corrected chi connectivity index (χ2v) is 5.35. The van der Waals surface area contributed by atoms with E-state index in [2.05, 4.69) is 10.1 Å². The van der Waals surface area contributed by atoms with Gasteiger partial charge in [-0.2, -0.15) is 0 Å². The Bertz CT molecular complexity index is 427. The lowest BCUT2D eigenvalue weighted by Gasteiger charge is -2.21. The van der Waals surface area contributed by atoms with Gasteiger partial charge in [0.1, 0.15) is 5.75 Å². The van der Waals surface area contributed by atoms with Gasteiger partial charge >= 0.3 is 6.36 Å². The maximum absolute atomic E-state index is 12.2. The quantitative estimate of drug-likeness (QED) is 0.865. The van der Waals surface area contributed by atoms with Gasteiger partial charge in [-0.1, -0.05) is 37.8 Å². The molecule has 1 aromatic rings. The van der Waals surface area contributed by atoms with Crippen molar-refractivity contribution < 1.29 is 17.9 Å². The van der Waals surface area contributed by atoms with Crippen LogP contribution in [0.25, 0.3) is 0 Å². The van der Waals surface area contributed by atoms with E-state index < -0.39 is 6.36 Å². The highest BCUT2D eigenvalue weighted by atomic mass is 19.4. The predicted octanol–water partition coefficient (Wildman–Crippen LogP) is 4.43. The highest BCUT2D eigenvalue weighted by Gasteiger charge is 2.31. The smallest absolute Gasteiger partial charge is 0.406 e. The molecular weight excluding hydrogens is 267 g/mol. The molecule has 0 bridgehead atoms. The first-order chi connectivity index (χ1) is 9.48. The molecule has 0 radical (unpaired) electrons. The van der Waals surface area contributed by atoms with E-state index in [-0.39, 0.29) is 11.8 Å². The summed E-state index contributed by atoms with van der Waals surface area (Å²) in [5, 5.41) is 3.20. The highest BCUT2D eigenvalue weighted by molar-refractivity contribution is 5.30. The molecule has 5 heteroatoms. The Balaban J connectivity index is 2.06. The molecule has 1 aliphatic carbocycles. The monoisotopic (exact) mass is 287 g/mol. The topological polar surface area (TPSA) is 21.3 Å². The molecule has 0 amide bonds. The van der Waals surface area contributed by atoms with Gasteiger partial charge in [-0.05, 0) is 37.1 Å². The summed E-state index contributed by atoms with van der Waals surface area (Å²) in [7, 11) is 1.84. The molecule has 112 valence electrons. The van der Waals surface area contributed by atoms with Gasteiger partial charge in [0, 0.05) is 6.04 Å². The van der Waals surface area contributed by atoms with Crippen LogP contribution in [-0.2, 0) is 0 Å². The fraction of sp³-hybridized carbons (Fsp3) is 0.600. The van der Waals surface area contributed by atoms with Crippen molar-refractivity contribution in [2.75, 3.05) is 7.05 Å². The van der Waals surface area contributed by atoms with Crippen LogP contribution in [0.2, 0.25) is 0 Å². The average molecular weight is 287 g/mol. The van der Waals surface area contributed by atoms with E-state index in [0.717, 1.165) is 12.0 Å². The number of benzene rings is 1. The van der Waals surface area contributed by atoms with E-state index in [4.69, 9.17) is 0 Å². The normalized spacial score (nSPS) is 18.2. The van der Waals surface area contributed by atoms with E-state index in [9.17, 15) is 13.2 Å². The molecule has 0 spiro atoms. The molecule has 1 fully saturated rings. The molecule has 1 unspecified atom stereocenters. The van der Waals surface area contributed by atoms with Crippen molar-refractivity contribution in [1.82, 2.24) is 5.32 Å². The summed E-state index contributed by atoms with van der Waals surface area (Å²) in [6.07, 6.45) is 1.29. The van der Waals surface area contributed by atoms with E-state index >= 15 is 0 Å². The minimum absolute atomic E-state index is 0.0786. The van der Waals surface area contributed by atoms with Crippen molar-refractivity contribution in [1.29, 1.82) is 0 Å². The van der Waals surface area contributed by atoms with E-state index in [1.54, 1.807) is 6.07 Å². The maximum Gasteiger partial charge on any atom is 0.573 e. The zero-order chi connectivity index (χ0) is 14.6. The lowest BCUT2D eigenvalue weighted by molar-refractivity contribution is -0.274. The van der Waals surface area contributed by atoms with E-state index in [1.165, 1.54) is 37.8 Å². The van der Waals surface area contributed by atoms with Crippen LogP contribution in [0, 0.1) is 5.92 Å². The summed E-state index contributed by atoms with van der Waals surface area (Å²) >= 11 is 0. The van der Waals surface area contributed by atoms with Crippen LogP contribution in [-0.4, -0.2) is 13.4 Å². The molecule has 0 saturated heterocycles. The Kier molecular flexibility index (Phi) is 4.91. The van der Waals surface area contributed by atoms with Crippen molar-refractivity contribution in [2.24, 2.45) is 5.92 Å². The van der Waals surface area contributed by atoms with Gasteiger partial charge in [-0.25, -0.2) is 0 Å². The Morgan fingerprint density at radius 1 is 1.30 bits per heavy atom. The summed E-state index contributed by atoms with van der Waals surface area (Å²) in [6.45, 7) is 0. The third-order valence-electron chi connectivity index (χ3n) is 3.89. The minimum Gasteiger partial charge on any atom is -0.406 e. The number of hydrogen-bond acceptors (Lipinski definition) is 2. The summed E-state index contributed by atoms with van der Waals surface area (Å²) in [5.74, 6) is 0.515. The van der Waals surface area contributed by atoms with Gasteiger partial charge in [0.05, 0.1) is 0 Å². The fourth-order valence-electron chi connectivity index (χ4n) is 2.93. The molecule has 20 heavy (non-hydrogen) atoms. The summed E-state index contributed by atoms with van der Waals surface area (Å²) < 4.78 is 40.7. The Morgan fingerprint density at radius 2 is 2.00 bits per heavy atom. The average Bonchev–Trinajstić information content (AvgIpc) is 2.87. The van der Waals surface area contributed by atoms with Gasteiger partial charge in [-0.3, -0.25) is 0 Å². The molecule has 2 nitrogen and oxygen atoms in total. The Hall–Kier alpha value is -1.23. The van der Waals surface area contributed by atoms with Crippen LogP contribution < -0.4 is 10.1 Å². The van der Waals surface area contributed by atoms with E-state index in [1.807, 2.05) is 13.1 Å². The van der Waals surface area contributed by atoms with Crippen LogP contribution in [0.4, 0.5) is 13.2 Å². The van der Waals surface area contributed by atoms with Crippen LogP contribution in [0.1, 0.15) is 43.7 Å². The van der Waals surface area contributed by atoms with Gasteiger partial charge in [0.25, 0.3) is 0 Å². The lowest BCUT2D eigenvalue weighted by atomic mass is 9.93. The molecule has 0 aromatic heterocycles. The molecule has 1 aromatic carbocycles. The molecule has 0 aliphatic heterocycles. The van der Waals surface area contributed by atoms with Crippen molar-refractivity contribution >= 4 is 0 Å². The second kappa shape index (κ2) is 6.48. The van der Waals surface area contributed by atoms with Crippen LogP contribution in [0.3, 0.4) is 0 Å². The summed E-state index contributed by atoms with van der Waals surface area (Å²) in [5.41, 5.74) is 0.848. The van der Waals surface area contributed by atoms with Crippen molar-refractivity contribution in [3.8, 4) is 5.75 Å². The number of alkyl halides is 3. The molecule has 1 saturated carbocycles. The zero-order valence-corrected chi connectivity index (χ0v) is 11.5. The minimum atomic E-state index is -4.64. The third kappa shape index (κ3) is 4.40. The number of rotatable bonds is 5. The van der Waals surface area contributed by atoms with Gasteiger partial charge in [0.15, 0.2) is 0 Å². The number of hydrogen-bond donors (Lipinski definition) is 1. The summed E-state index contributed by atoms with van der Waals surface area (Å²) in [4.78, 5) is 0. The third-order valence-corrected chi connectivity index (χ3v) is 3.89. The number of ether oxygens (including phenoxy) is 1. The molecule has 1 atom stereocenters. The second-order valence-electron chi connectivity index (χ2n) is 5.35. The highest BCUT2D eigenvalue weighted by Crippen LogP contribution is 2.34. The Morgan fingerprint density at radius 3 is 2.60 bits per heavy atom. The molecule has 0 heterocycles. The molecule has 2 rings (SSSR count). The lowest BCUT2D eigenvalue weighted by Crippen LogP contribution is -2.20. The number of nitrogens with one attached hydrogen (secondary N) is 1. The van der Waals surface area contributed by atoms with Gasteiger partial charge < -0.3 is 10.1 Å². The largest absolute Gasteiger partial charge is 0.573 e. The number of halogens is 3. The van der Waals surface area contributed by atoms with Crippen LogP contribution >= 0.6 is 0 Å². The molecule has 1 N–H and O–H groups in total. The van der Waals surface area contributed by atoms with E-state index in [0.29, 0.717) is 5.92 Å². The zero-order valence-electron chi connectivity index (χ0n) is 11.5. The maximum atomic E-state index is 12.2. The molecule has 1 aliphatic rings. The van der Waals surface area contributed by atoms with Gasteiger partial charge in [0.2, 0.25) is 0 Å². The summed E-state index contributed by atoms with van der Waals surface area (Å²) in [6, 6.07) is 6.34. The Labute approximate surface area is 117 Å². The molecular formula is C15H20F3NO. The first-order valence-corrected chi connectivity index (χ1v) is 7.01.